The molecule has 0 aromatic carbocycles. The molecule has 0 aliphatic rings. The standard InChI is InChI=1S/C8H10N4S2/c1-2-9-4-7-11-12-8(14-7)6-3-10-5-13-6/h3,5,9H,2,4H2,1H3. The summed E-state index contributed by atoms with van der Waals surface area (Å²) in [5, 5.41) is 13.4. The van der Waals surface area contributed by atoms with Crippen LogP contribution in [0.4, 0.5) is 0 Å². The van der Waals surface area contributed by atoms with Gasteiger partial charge in [-0.25, -0.2) is 0 Å². The Balaban J connectivity index is 2.10. The molecule has 2 rings (SSSR count). The van der Waals surface area contributed by atoms with E-state index in [2.05, 4.69) is 27.4 Å². The minimum Gasteiger partial charge on any atom is -0.311 e. The molecule has 0 saturated carbocycles. The number of nitrogens with one attached hydrogen (secondary N) is 1. The molecule has 0 bridgehead atoms. The van der Waals surface area contributed by atoms with Crippen LogP contribution in [-0.2, 0) is 6.54 Å². The predicted octanol–water partition coefficient (Wildman–Crippen LogP) is 1.77. The van der Waals surface area contributed by atoms with E-state index in [4.69, 9.17) is 0 Å². The fourth-order valence-electron chi connectivity index (χ4n) is 0.978. The van der Waals surface area contributed by atoms with Crippen LogP contribution >= 0.6 is 22.7 Å². The smallest absolute Gasteiger partial charge is 0.159 e. The molecule has 4 nitrogen and oxygen atoms in total. The molecular formula is C8H10N4S2. The topological polar surface area (TPSA) is 50.7 Å². The lowest BCUT2D eigenvalue weighted by Crippen LogP contribution is -2.11. The molecule has 74 valence electrons. The van der Waals surface area contributed by atoms with Gasteiger partial charge in [0.1, 0.15) is 5.01 Å². The van der Waals surface area contributed by atoms with Crippen molar-refractivity contribution in [3.05, 3.63) is 16.7 Å². The Bertz CT molecular complexity index is 382. The van der Waals surface area contributed by atoms with Gasteiger partial charge in [0.25, 0.3) is 0 Å². The van der Waals surface area contributed by atoms with Gasteiger partial charge < -0.3 is 5.32 Å². The molecule has 0 radical (unpaired) electrons. The summed E-state index contributed by atoms with van der Waals surface area (Å²) in [5.74, 6) is 0. The van der Waals surface area contributed by atoms with E-state index in [0.29, 0.717) is 0 Å². The van der Waals surface area contributed by atoms with Crippen LogP contribution in [0.25, 0.3) is 9.88 Å². The van der Waals surface area contributed by atoms with Gasteiger partial charge in [0.15, 0.2) is 5.01 Å². The van der Waals surface area contributed by atoms with Crippen LogP contribution in [0.3, 0.4) is 0 Å². The monoisotopic (exact) mass is 226 g/mol. The van der Waals surface area contributed by atoms with Gasteiger partial charge in [-0.1, -0.05) is 18.3 Å². The van der Waals surface area contributed by atoms with Crippen LogP contribution in [-0.4, -0.2) is 21.7 Å². The third-order valence-electron chi connectivity index (χ3n) is 1.64. The van der Waals surface area contributed by atoms with Crippen LogP contribution in [0.1, 0.15) is 11.9 Å². The van der Waals surface area contributed by atoms with Crippen molar-refractivity contribution in [1.29, 1.82) is 0 Å². The number of rotatable bonds is 4. The molecule has 2 aromatic heterocycles. The Kier molecular flexibility index (Phi) is 3.18. The van der Waals surface area contributed by atoms with E-state index in [1.165, 1.54) is 0 Å². The number of aromatic nitrogens is 3. The zero-order chi connectivity index (χ0) is 9.80. The third-order valence-corrected chi connectivity index (χ3v) is 3.50. The number of hydrogen-bond donors (Lipinski definition) is 1. The first-order chi connectivity index (χ1) is 6.90. The first kappa shape index (κ1) is 9.70. The average molecular weight is 226 g/mol. The third kappa shape index (κ3) is 2.14. The van der Waals surface area contributed by atoms with Crippen molar-refractivity contribution in [2.24, 2.45) is 0 Å². The van der Waals surface area contributed by atoms with E-state index in [9.17, 15) is 0 Å². The summed E-state index contributed by atoms with van der Waals surface area (Å²) in [6.07, 6.45) is 1.82. The molecule has 0 amide bonds. The van der Waals surface area contributed by atoms with Crippen LogP contribution in [0.2, 0.25) is 0 Å². The Morgan fingerprint density at radius 2 is 2.36 bits per heavy atom. The Morgan fingerprint density at radius 1 is 1.43 bits per heavy atom. The van der Waals surface area contributed by atoms with Crippen molar-refractivity contribution in [1.82, 2.24) is 20.5 Å². The second-order valence-electron chi connectivity index (χ2n) is 2.65. The second-order valence-corrected chi connectivity index (χ2v) is 4.60. The molecule has 0 atom stereocenters. The zero-order valence-corrected chi connectivity index (χ0v) is 9.36. The average Bonchev–Trinajstić information content (AvgIpc) is 2.85. The highest BCUT2D eigenvalue weighted by Crippen LogP contribution is 2.26. The lowest BCUT2D eigenvalue weighted by Gasteiger charge is -1.93. The normalized spacial score (nSPS) is 10.6. The Labute approximate surface area is 90.0 Å². The maximum absolute atomic E-state index is 4.11. The Morgan fingerprint density at radius 3 is 3.07 bits per heavy atom. The summed E-state index contributed by atoms with van der Waals surface area (Å²) >= 11 is 3.21. The summed E-state index contributed by atoms with van der Waals surface area (Å²) in [6.45, 7) is 3.83. The fourth-order valence-corrected chi connectivity index (χ4v) is 2.46. The molecule has 2 heterocycles. The van der Waals surface area contributed by atoms with Crippen molar-refractivity contribution in [3.8, 4) is 9.88 Å². The van der Waals surface area contributed by atoms with Gasteiger partial charge in [0, 0.05) is 12.7 Å². The van der Waals surface area contributed by atoms with E-state index >= 15 is 0 Å². The van der Waals surface area contributed by atoms with E-state index in [1.54, 1.807) is 28.2 Å². The highest BCUT2D eigenvalue weighted by Gasteiger charge is 2.06. The van der Waals surface area contributed by atoms with Crippen LogP contribution in [0.5, 0.6) is 0 Å². The van der Waals surface area contributed by atoms with Crippen molar-refractivity contribution >= 4 is 22.7 Å². The summed E-state index contributed by atoms with van der Waals surface area (Å²) < 4.78 is 0. The molecule has 0 unspecified atom stereocenters. The van der Waals surface area contributed by atoms with Gasteiger partial charge in [0.05, 0.1) is 10.4 Å². The highest BCUT2D eigenvalue weighted by atomic mass is 32.1. The molecule has 2 aromatic rings. The van der Waals surface area contributed by atoms with Crippen molar-refractivity contribution in [3.63, 3.8) is 0 Å². The largest absolute Gasteiger partial charge is 0.311 e. The van der Waals surface area contributed by atoms with E-state index < -0.39 is 0 Å². The molecular weight excluding hydrogens is 216 g/mol. The second kappa shape index (κ2) is 4.59. The lowest BCUT2D eigenvalue weighted by atomic mass is 10.6. The van der Waals surface area contributed by atoms with Gasteiger partial charge in [-0.05, 0) is 6.54 Å². The maximum atomic E-state index is 4.11. The summed E-state index contributed by atoms with van der Waals surface area (Å²) in [7, 11) is 0. The first-order valence-electron chi connectivity index (χ1n) is 4.32. The minimum atomic E-state index is 0.799. The van der Waals surface area contributed by atoms with Crippen molar-refractivity contribution in [2.75, 3.05) is 6.54 Å². The first-order valence-corrected chi connectivity index (χ1v) is 6.01. The number of nitrogens with zero attached hydrogens (tertiary/aromatic N) is 3. The van der Waals surface area contributed by atoms with Crippen molar-refractivity contribution in [2.45, 2.75) is 13.5 Å². The zero-order valence-electron chi connectivity index (χ0n) is 7.73. The van der Waals surface area contributed by atoms with Crippen LogP contribution < -0.4 is 5.32 Å². The number of thiazole rings is 1. The van der Waals surface area contributed by atoms with Crippen LogP contribution in [0, 0.1) is 0 Å². The summed E-state index contributed by atoms with van der Waals surface area (Å²) in [5.41, 5.74) is 1.81. The molecule has 14 heavy (non-hydrogen) atoms. The SMILES string of the molecule is CCNCc1nnc(-c2cncs2)s1. The van der Waals surface area contributed by atoms with Gasteiger partial charge in [-0.2, -0.15) is 0 Å². The fraction of sp³-hybridized carbons (Fsp3) is 0.375. The molecule has 0 fully saturated rings. The minimum absolute atomic E-state index is 0.799. The molecule has 0 saturated heterocycles. The van der Waals surface area contributed by atoms with Crippen LogP contribution in [0.15, 0.2) is 11.7 Å². The van der Waals surface area contributed by atoms with E-state index in [0.717, 1.165) is 28.0 Å². The maximum Gasteiger partial charge on any atom is 0.159 e. The van der Waals surface area contributed by atoms with Crippen molar-refractivity contribution < 1.29 is 0 Å². The quantitative estimate of drug-likeness (QED) is 0.863. The lowest BCUT2D eigenvalue weighted by molar-refractivity contribution is 0.715. The van der Waals surface area contributed by atoms with E-state index in [-0.39, 0.29) is 0 Å². The highest BCUT2D eigenvalue weighted by molar-refractivity contribution is 7.20. The molecule has 0 aliphatic carbocycles. The summed E-state index contributed by atoms with van der Waals surface area (Å²) in [4.78, 5) is 5.10. The van der Waals surface area contributed by atoms with Gasteiger partial charge in [-0.15, -0.1) is 21.5 Å². The molecule has 1 N–H and O–H groups in total. The van der Waals surface area contributed by atoms with Gasteiger partial charge in [-0.3, -0.25) is 4.98 Å². The molecule has 6 heteroatoms. The molecule has 0 aliphatic heterocycles. The van der Waals surface area contributed by atoms with Gasteiger partial charge >= 0.3 is 0 Å². The van der Waals surface area contributed by atoms with Gasteiger partial charge in [0.2, 0.25) is 0 Å². The molecule has 0 spiro atoms. The number of hydrogen-bond acceptors (Lipinski definition) is 6. The predicted molar refractivity (Wildman–Crippen MR) is 58.4 cm³/mol. The summed E-state index contributed by atoms with van der Waals surface area (Å²) in [6, 6.07) is 0. The van der Waals surface area contributed by atoms with E-state index in [1.807, 2.05) is 6.20 Å². The Hall–Kier alpha value is -0.850.